The molecule has 5 N–H and O–H groups in total. The van der Waals surface area contributed by atoms with E-state index in [1.165, 1.54) is 10.5 Å². The second-order valence-corrected chi connectivity index (χ2v) is 13.7. The maximum Gasteiger partial charge on any atom is 0.290 e. The molecule has 5 rings (SSSR count). The number of benzene rings is 2. The largest absolute Gasteiger partial charge is 0.496 e. The first kappa shape index (κ1) is 37.8. The average Bonchev–Trinajstić information content (AvgIpc) is 3.12. The molecule has 0 saturated carbocycles. The third-order valence-corrected chi connectivity index (χ3v) is 10.4. The Morgan fingerprint density at radius 1 is 0.900 bits per heavy atom. The zero-order valence-corrected chi connectivity index (χ0v) is 28.8. The summed E-state index contributed by atoms with van der Waals surface area (Å²) in [6.07, 6.45) is 5.35. The number of carbonyl (C=O) groups excluding carboxylic acids is 3. The molecule has 1 atom stereocenters. The van der Waals surface area contributed by atoms with Crippen LogP contribution in [0.25, 0.3) is 0 Å². The van der Waals surface area contributed by atoms with E-state index in [1.807, 2.05) is 30.3 Å². The first-order valence-corrected chi connectivity index (χ1v) is 18.0. The monoisotopic (exact) mass is 708 g/mol. The molecular weight excluding hydrogens is 664 g/mol. The minimum atomic E-state index is -3.99. The van der Waals surface area contributed by atoms with Gasteiger partial charge < -0.3 is 31.1 Å². The highest BCUT2D eigenvalue weighted by atomic mass is 32.2. The fourth-order valence-corrected chi connectivity index (χ4v) is 7.78. The quantitative estimate of drug-likeness (QED) is 0.245. The van der Waals surface area contributed by atoms with E-state index >= 15 is 0 Å². The van der Waals surface area contributed by atoms with Crippen molar-refractivity contribution in [3.8, 4) is 5.75 Å². The number of carboxylic acid groups (broad SMARTS) is 1. The zero-order valence-electron chi connectivity index (χ0n) is 28.0. The van der Waals surface area contributed by atoms with Crippen LogP contribution < -0.4 is 26.0 Å². The number of amides is 3. The molecule has 0 radical (unpaired) electrons. The van der Waals surface area contributed by atoms with Crippen molar-refractivity contribution in [1.29, 1.82) is 0 Å². The third kappa shape index (κ3) is 10.2. The maximum atomic E-state index is 14.2. The van der Waals surface area contributed by atoms with Crippen LogP contribution in [0, 0.1) is 0 Å². The number of hydrogen-bond donors (Lipinski definition) is 5. The van der Waals surface area contributed by atoms with Crippen LogP contribution in [0.1, 0.15) is 52.9 Å². The molecule has 2 heterocycles. The molecule has 2 aromatic carbocycles. The molecule has 3 aromatic rings. The summed E-state index contributed by atoms with van der Waals surface area (Å²) in [5.74, 6) is -0.492. The van der Waals surface area contributed by atoms with Crippen molar-refractivity contribution in [2.75, 3.05) is 45.2 Å². The summed E-state index contributed by atoms with van der Waals surface area (Å²) in [6, 6.07) is 15.0. The lowest BCUT2D eigenvalue weighted by atomic mass is 9.91. The summed E-state index contributed by atoms with van der Waals surface area (Å²) in [4.78, 5) is 52.2. The lowest BCUT2D eigenvalue weighted by Crippen LogP contribution is -2.50. The van der Waals surface area contributed by atoms with Crippen molar-refractivity contribution >= 4 is 39.9 Å². The number of ether oxygens (including phenoxy) is 1. The Hall–Kier alpha value is -5.02. The van der Waals surface area contributed by atoms with Crippen molar-refractivity contribution in [3.05, 3.63) is 83.2 Å². The van der Waals surface area contributed by atoms with E-state index < -0.39 is 27.9 Å². The number of carbonyl (C=O) groups is 4. The third-order valence-electron chi connectivity index (χ3n) is 8.43. The number of rotatable bonds is 5. The summed E-state index contributed by atoms with van der Waals surface area (Å²) in [5, 5.41) is 18.6. The Kier molecular flexibility index (Phi) is 14.1. The van der Waals surface area contributed by atoms with Gasteiger partial charge in [-0.3, -0.25) is 24.2 Å². The van der Waals surface area contributed by atoms with Crippen LogP contribution in [0.15, 0.2) is 65.7 Å². The molecule has 0 fully saturated rings. The standard InChI is InChI=1S/C34H42N6O6S.CH2O2/c1-46-30-13-14-31(27-11-6-5-10-26(27)30)47(44,45)40-20-7-12-32(41)37-18-17-35-25-15-16-36-28(23-25)34(43)39-29(33(42)38-19-21-40)22-24-8-3-2-4-9-24;2-1-3/h2-4,8-9,13-16,23,29,35H,5-7,10-12,17-22H2,1H3,(H,37,41)(H,38,42)(H,39,43);1H,(H,2,3)/t29-;/m0./s1. The van der Waals surface area contributed by atoms with Crippen molar-refractivity contribution in [1.82, 2.24) is 25.2 Å². The fraction of sp³-hybridized carbons (Fsp3) is 0.400. The van der Waals surface area contributed by atoms with E-state index in [9.17, 15) is 22.8 Å². The molecule has 0 spiro atoms. The molecular formula is C35H44N6O8S. The predicted octanol–water partition coefficient (Wildman–Crippen LogP) is 2.14. The molecule has 2 aliphatic rings. The number of fused-ring (bicyclic) bond motifs is 3. The zero-order chi connectivity index (χ0) is 35.9. The number of methoxy groups -OCH3 is 1. The number of nitrogens with one attached hydrogen (secondary N) is 4. The summed E-state index contributed by atoms with van der Waals surface area (Å²) in [5.41, 5.74) is 3.30. The van der Waals surface area contributed by atoms with Crippen molar-refractivity contribution < 1.29 is 37.4 Å². The molecule has 2 bridgehead atoms. The summed E-state index contributed by atoms with van der Waals surface area (Å²) in [7, 11) is -2.41. The van der Waals surface area contributed by atoms with Crippen LogP contribution in [0.2, 0.25) is 0 Å². The predicted molar refractivity (Wildman–Crippen MR) is 186 cm³/mol. The van der Waals surface area contributed by atoms with Crippen molar-refractivity contribution in [3.63, 3.8) is 0 Å². The second kappa shape index (κ2) is 18.7. The number of nitrogens with zero attached hydrogens (tertiary/aromatic N) is 2. The van der Waals surface area contributed by atoms with Crippen LogP contribution in [-0.2, 0) is 43.7 Å². The molecule has 268 valence electrons. The van der Waals surface area contributed by atoms with Gasteiger partial charge in [-0.05, 0) is 73.1 Å². The van der Waals surface area contributed by atoms with Gasteiger partial charge in [-0.15, -0.1) is 0 Å². The highest BCUT2D eigenvalue weighted by Crippen LogP contribution is 2.35. The fourth-order valence-electron chi connectivity index (χ4n) is 6.02. The molecule has 50 heavy (non-hydrogen) atoms. The minimum absolute atomic E-state index is 0.00141. The number of sulfonamides is 1. The molecule has 1 aromatic heterocycles. The SMILES string of the molecule is COc1ccc(S(=O)(=O)N2CCCC(=O)NCCNc3ccnc(c3)C(=O)N[C@@H](Cc3ccccc3)C(=O)NCC2)c2c1CCCC2.O=CO. The van der Waals surface area contributed by atoms with Crippen LogP contribution in [0.5, 0.6) is 5.75 Å². The van der Waals surface area contributed by atoms with Gasteiger partial charge in [-0.25, -0.2) is 8.42 Å². The molecule has 15 heteroatoms. The van der Waals surface area contributed by atoms with Gasteiger partial charge in [0.1, 0.15) is 17.5 Å². The molecule has 1 aliphatic heterocycles. The van der Waals surface area contributed by atoms with Gasteiger partial charge in [0.25, 0.3) is 12.4 Å². The molecule has 1 aliphatic carbocycles. The first-order valence-electron chi connectivity index (χ1n) is 16.5. The van der Waals surface area contributed by atoms with Gasteiger partial charge in [0, 0.05) is 57.4 Å². The van der Waals surface area contributed by atoms with Gasteiger partial charge in [0.2, 0.25) is 21.8 Å². The molecule has 0 saturated heterocycles. The second-order valence-electron chi connectivity index (χ2n) is 11.8. The van der Waals surface area contributed by atoms with E-state index in [0.29, 0.717) is 37.4 Å². The van der Waals surface area contributed by atoms with Gasteiger partial charge in [0.15, 0.2) is 0 Å². The molecule has 14 nitrogen and oxygen atoms in total. The number of anilines is 1. The number of aromatic nitrogens is 1. The first-order chi connectivity index (χ1) is 24.2. The molecule has 3 amide bonds. The number of hydrogen-bond acceptors (Lipinski definition) is 9. The van der Waals surface area contributed by atoms with Crippen molar-refractivity contribution in [2.24, 2.45) is 0 Å². The van der Waals surface area contributed by atoms with E-state index in [2.05, 4.69) is 26.3 Å². The average molecular weight is 709 g/mol. The highest BCUT2D eigenvalue weighted by molar-refractivity contribution is 7.89. The summed E-state index contributed by atoms with van der Waals surface area (Å²) >= 11 is 0. The number of pyridine rings is 1. The van der Waals surface area contributed by atoms with Gasteiger partial charge in [-0.1, -0.05) is 30.3 Å². The summed E-state index contributed by atoms with van der Waals surface area (Å²) in [6.45, 7) is 0.559. The van der Waals surface area contributed by atoms with Crippen LogP contribution in [0.3, 0.4) is 0 Å². The van der Waals surface area contributed by atoms with E-state index in [0.717, 1.165) is 36.0 Å². The van der Waals surface area contributed by atoms with E-state index in [4.69, 9.17) is 14.6 Å². The smallest absolute Gasteiger partial charge is 0.290 e. The van der Waals surface area contributed by atoms with Crippen LogP contribution >= 0.6 is 0 Å². The van der Waals surface area contributed by atoms with Crippen molar-refractivity contribution in [2.45, 2.75) is 55.9 Å². The Labute approximate surface area is 292 Å². The van der Waals surface area contributed by atoms with Crippen LogP contribution in [0.4, 0.5) is 5.69 Å². The summed E-state index contributed by atoms with van der Waals surface area (Å²) < 4.78 is 35.3. The van der Waals surface area contributed by atoms with Gasteiger partial charge >= 0.3 is 0 Å². The topological polar surface area (TPSA) is 196 Å². The van der Waals surface area contributed by atoms with E-state index in [-0.39, 0.29) is 55.4 Å². The van der Waals surface area contributed by atoms with Crippen LogP contribution in [-0.4, -0.2) is 92.9 Å². The Bertz CT molecular complexity index is 1740. The Morgan fingerprint density at radius 2 is 1.62 bits per heavy atom. The Morgan fingerprint density at radius 3 is 2.36 bits per heavy atom. The molecule has 0 unspecified atom stereocenters. The highest BCUT2D eigenvalue weighted by Gasteiger charge is 2.31. The minimum Gasteiger partial charge on any atom is -0.496 e. The van der Waals surface area contributed by atoms with E-state index in [1.54, 1.807) is 31.4 Å². The van der Waals surface area contributed by atoms with Gasteiger partial charge in [0.05, 0.1) is 12.0 Å². The lowest BCUT2D eigenvalue weighted by Gasteiger charge is -2.27. The lowest BCUT2D eigenvalue weighted by molar-refractivity contribution is -0.123. The van der Waals surface area contributed by atoms with Gasteiger partial charge in [-0.2, -0.15) is 4.31 Å². The normalized spacial score (nSPS) is 18.1. The Balaban J connectivity index is 0.00000181. The maximum absolute atomic E-state index is 14.2.